The van der Waals surface area contributed by atoms with Crippen molar-refractivity contribution >= 4 is 29.0 Å². The molecule has 0 spiro atoms. The normalized spacial score (nSPS) is 13.2. The highest BCUT2D eigenvalue weighted by atomic mass is 32.1. The van der Waals surface area contributed by atoms with Crippen molar-refractivity contribution in [3.63, 3.8) is 0 Å². The molecule has 0 radical (unpaired) electrons. The minimum atomic E-state index is -1.29. The van der Waals surface area contributed by atoms with Crippen LogP contribution in [0.3, 0.4) is 0 Å². The molecule has 1 aromatic carbocycles. The topological polar surface area (TPSA) is 159 Å². The van der Waals surface area contributed by atoms with E-state index in [-0.39, 0.29) is 40.1 Å². The van der Waals surface area contributed by atoms with Gasteiger partial charge < -0.3 is 29.0 Å². The van der Waals surface area contributed by atoms with Gasteiger partial charge in [-0.3, -0.25) is 0 Å². The number of oxazole rings is 1. The summed E-state index contributed by atoms with van der Waals surface area (Å²) in [5.74, 6) is -2.80. The first-order valence-electron chi connectivity index (χ1n) is 11.4. The zero-order chi connectivity index (χ0) is 26.6. The standard InChI is InChI=1S/C26H20N4O7S/c27-11-19-18(23-28-12-21(37-23)25(31)32)10-20(16-1-3-17(4-2-16)30-5-7-35-8-6-30)29-24(19)36-13-15-9-22(26(33)34)38-14-15/h1-4,9-10,12,14H,5-8,13H2,(H,31,32)(H,33,34). The van der Waals surface area contributed by atoms with Crippen LogP contribution in [-0.4, -0.2) is 58.4 Å². The highest BCUT2D eigenvalue weighted by Gasteiger charge is 2.22. The van der Waals surface area contributed by atoms with Crippen LogP contribution in [0.15, 0.2) is 52.4 Å². The van der Waals surface area contributed by atoms with E-state index in [0.29, 0.717) is 24.5 Å². The fourth-order valence-electron chi connectivity index (χ4n) is 3.93. The van der Waals surface area contributed by atoms with Crippen LogP contribution in [-0.2, 0) is 11.3 Å². The van der Waals surface area contributed by atoms with E-state index in [0.717, 1.165) is 41.9 Å². The van der Waals surface area contributed by atoms with E-state index in [1.165, 1.54) is 6.07 Å². The first kappa shape index (κ1) is 24.9. The number of hydrogen-bond acceptors (Lipinski definition) is 10. The molecule has 0 bridgehead atoms. The van der Waals surface area contributed by atoms with Crippen LogP contribution in [0.4, 0.5) is 5.69 Å². The molecule has 1 fully saturated rings. The Hall–Kier alpha value is -4.73. The van der Waals surface area contributed by atoms with Gasteiger partial charge in [0.25, 0.3) is 0 Å². The molecule has 0 atom stereocenters. The molecule has 192 valence electrons. The Morgan fingerprint density at radius 2 is 1.89 bits per heavy atom. The Balaban J connectivity index is 1.53. The molecule has 12 heteroatoms. The maximum Gasteiger partial charge on any atom is 0.373 e. The Kier molecular flexibility index (Phi) is 7.03. The number of nitrogens with zero attached hydrogens (tertiary/aromatic N) is 4. The van der Waals surface area contributed by atoms with Crippen molar-refractivity contribution in [2.45, 2.75) is 6.61 Å². The van der Waals surface area contributed by atoms with E-state index >= 15 is 0 Å². The monoisotopic (exact) mass is 532 g/mol. The van der Waals surface area contributed by atoms with E-state index in [9.17, 15) is 25.1 Å². The van der Waals surface area contributed by atoms with Crippen LogP contribution in [0.1, 0.15) is 31.4 Å². The largest absolute Gasteiger partial charge is 0.477 e. The number of ether oxygens (including phenoxy) is 2. The summed E-state index contributed by atoms with van der Waals surface area (Å²) in [7, 11) is 0. The number of morpholine rings is 1. The molecule has 5 rings (SSSR count). The average Bonchev–Trinajstić information content (AvgIpc) is 3.63. The van der Waals surface area contributed by atoms with E-state index in [4.69, 9.17) is 13.9 Å². The lowest BCUT2D eigenvalue weighted by molar-refractivity contribution is 0.0661. The summed E-state index contributed by atoms with van der Waals surface area (Å²) in [5, 5.41) is 30.0. The average molecular weight is 533 g/mol. The molecule has 4 aromatic rings. The lowest BCUT2D eigenvalue weighted by Gasteiger charge is -2.28. The molecule has 2 N–H and O–H groups in total. The SMILES string of the molecule is N#Cc1c(-c2ncc(C(=O)O)o2)cc(-c2ccc(N3CCOCC3)cc2)nc1OCc1csc(C(=O)O)c1. The van der Waals surface area contributed by atoms with Crippen molar-refractivity contribution in [3.8, 4) is 34.7 Å². The Labute approximate surface area is 220 Å². The third-order valence-corrected chi connectivity index (χ3v) is 6.79. The summed E-state index contributed by atoms with van der Waals surface area (Å²) in [6.07, 6.45) is 1.06. The predicted molar refractivity (Wildman–Crippen MR) is 135 cm³/mol. The van der Waals surface area contributed by atoms with Gasteiger partial charge in [-0.15, -0.1) is 11.3 Å². The molecule has 1 saturated heterocycles. The van der Waals surface area contributed by atoms with Crippen LogP contribution in [0.25, 0.3) is 22.7 Å². The summed E-state index contributed by atoms with van der Waals surface area (Å²) in [6, 6.07) is 12.8. The third kappa shape index (κ3) is 5.19. The first-order chi connectivity index (χ1) is 18.4. The Bertz CT molecular complexity index is 1530. The van der Waals surface area contributed by atoms with Crippen LogP contribution in [0.2, 0.25) is 0 Å². The van der Waals surface area contributed by atoms with Crippen molar-refractivity contribution in [2.24, 2.45) is 0 Å². The van der Waals surface area contributed by atoms with Gasteiger partial charge in [0.05, 0.1) is 30.7 Å². The summed E-state index contributed by atoms with van der Waals surface area (Å²) in [6.45, 7) is 2.87. The summed E-state index contributed by atoms with van der Waals surface area (Å²) < 4.78 is 16.7. The molecular formula is C26H20N4O7S. The second-order valence-corrected chi connectivity index (χ2v) is 9.15. The number of benzene rings is 1. The van der Waals surface area contributed by atoms with Crippen molar-refractivity contribution in [2.75, 3.05) is 31.2 Å². The van der Waals surface area contributed by atoms with E-state index in [1.54, 1.807) is 11.4 Å². The second-order valence-electron chi connectivity index (χ2n) is 8.24. The van der Waals surface area contributed by atoms with Gasteiger partial charge in [-0.1, -0.05) is 12.1 Å². The molecule has 0 unspecified atom stereocenters. The molecule has 3 aromatic heterocycles. The lowest BCUT2D eigenvalue weighted by atomic mass is 10.0. The van der Waals surface area contributed by atoms with E-state index < -0.39 is 11.9 Å². The smallest absolute Gasteiger partial charge is 0.373 e. The van der Waals surface area contributed by atoms with Gasteiger partial charge in [-0.2, -0.15) is 5.26 Å². The van der Waals surface area contributed by atoms with Gasteiger partial charge in [0.2, 0.25) is 17.5 Å². The zero-order valence-electron chi connectivity index (χ0n) is 19.8. The number of carboxylic acid groups (broad SMARTS) is 2. The van der Waals surface area contributed by atoms with Crippen molar-refractivity contribution in [1.29, 1.82) is 5.26 Å². The number of aromatic carboxylic acids is 2. The van der Waals surface area contributed by atoms with Crippen LogP contribution in [0, 0.1) is 11.3 Å². The molecule has 0 amide bonds. The number of thiophene rings is 1. The number of rotatable bonds is 8. The van der Waals surface area contributed by atoms with Crippen LogP contribution < -0.4 is 9.64 Å². The third-order valence-electron chi connectivity index (χ3n) is 5.82. The predicted octanol–water partition coefficient (Wildman–Crippen LogP) is 4.15. The summed E-state index contributed by atoms with van der Waals surface area (Å²) in [4.78, 5) is 33.5. The molecule has 38 heavy (non-hydrogen) atoms. The summed E-state index contributed by atoms with van der Waals surface area (Å²) in [5.41, 5.74) is 3.04. The molecule has 4 heterocycles. The Morgan fingerprint density at radius 3 is 2.53 bits per heavy atom. The summed E-state index contributed by atoms with van der Waals surface area (Å²) >= 11 is 1.06. The number of aromatic nitrogens is 2. The molecule has 1 aliphatic heterocycles. The molecule has 0 saturated carbocycles. The second kappa shape index (κ2) is 10.7. The lowest BCUT2D eigenvalue weighted by Crippen LogP contribution is -2.36. The van der Waals surface area contributed by atoms with Crippen molar-refractivity contribution in [1.82, 2.24) is 9.97 Å². The Morgan fingerprint density at radius 1 is 1.13 bits per heavy atom. The number of nitriles is 1. The van der Waals surface area contributed by atoms with Gasteiger partial charge in [0.15, 0.2) is 0 Å². The fraction of sp³-hybridized carbons (Fsp3) is 0.192. The van der Waals surface area contributed by atoms with Crippen LogP contribution in [0.5, 0.6) is 5.88 Å². The van der Waals surface area contributed by atoms with Crippen LogP contribution >= 0.6 is 11.3 Å². The molecule has 1 aliphatic rings. The number of carbonyl (C=O) groups is 2. The van der Waals surface area contributed by atoms with Gasteiger partial charge >= 0.3 is 11.9 Å². The van der Waals surface area contributed by atoms with Crippen molar-refractivity contribution < 1.29 is 33.7 Å². The van der Waals surface area contributed by atoms with E-state index in [1.807, 2.05) is 30.3 Å². The molecular weight excluding hydrogens is 512 g/mol. The van der Waals surface area contributed by atoms with Gasteiger partial charge in [0.1, 0.15) is 23.1 Å². The van der Waals surface area contributed by atoms with E-state index in [2.05, 4.69) is 14.9 Å². The number of pyridine rings is 1. The maximum absolute atomic E-state index is 11.3. The molecule has 11 nitrogen and oxygen atoms in total. The van der Waals surface area contributed by atoms with Gasteiger partial charge in [0, 0.05) is 29.9 Å². The number of hydrogen-bond donors (Lipinski definition) is 2. The highest BCUT2D eigenvalue weighted by Crippen LogP contribution is 2.34. The minimum absolute atomic E-state index is 0.00571. The first-order valence-corrected chi connectivity index (χ1v) is 12.3. The zero-order valence-corrected chi connectivity index (χ0v) is 20.6. The minimum Gasteiger partial charge on any atom is -0.477 e. The molecule has 0 aliphatic carbocycles. The highest BCUT2D eigenvalue weighted by molar-refractivity contribution is 7.12. The maximum atomic E-state index is 11.3. The quantitative estimate of drug-likeness (QED) is 0.336. The van der Waals surface area contributed by atoms with Crippen molar-refractivity contribution in [3.05, 3.63) is 69.7 Å². The number of anilines is 1. The number of carboxylic acids is 2. The van der Waals surface area contributed by atoms with Gasteiger partial charge in [-0.05, 0) is 29.6 Å². The fourth-order valence-corrected chi connectivity index (χ4v) is 4.66. The van der Waals surface area contributed by atoms with Gasteiger partial charge in [-0.25, -0.2) is 19.6 Å².